The number of nitrogens with one attached hydrogen (secondary N) is 1. The lowest BCUT2D eigenvalue weighted by Gasteiger charge is -2.05. The van der Waals surface area contributed by atoms with Gasteiger partial charge in [-0.3, -0.25) is 5.10 Å². The van der Waals surface area contributed by atoms with Crippen molar-refractivity contribution in [2.45, 2.75) is 32.9 Å². The molecule has 168 valence electrons. The fourth-order valence-electron chi connectivity index (χ4n) is 3.92. The van der Waals surface area contributed by atoms with Crippen molar-refractivity contribution in [3.63, 3.8) is 0 Å². The Balaban J connectivity index is 1.25. The summed E-state index contributed by atoms with van der Waals surface area (Å²) < 4.78 is 12.8. The SMILES string of the molecule is CC(C)OCCOCC#Cc1cc(-c2n[nH]c3c2Cc2ccc(Cn4ccnn4)cc2-3)cs1. The Labute approximate surface area is 196 Å². The molecular formula is C25H25N5O2S. The van der Waals surface area contributed by atoms with E-state index in [1.54, 1.807) is 17.5 Å². The average Bonchev–Trinajstić information content (AvgIpc) is 3.58. The van der Waals surface area contributed by atoms with Gasteiger partial charge in [0.15, 0.2) is 0 Å². The molecule has 0 amide bonds. The first kappa shape index (κ1) is 21.6. The maximum atomic E-state index is 5.50. The quantitative estimate of drug-likeness (QED) is 0.279. The van der Waals surface area contributed by atoms with Crippen LogP contribution in [0.15, 0.2) is 42.0 Å². The molecule has 4 aromatic rings. The molecule has 0 radical (unpaired) electrons. The van der Waals surface area contributed by atoms with Crippen molar-refractivity contribution >= 4 is 11.3 Å². The second kappa shape index (κ2) is 9.71. The van der Waals surface area contributed by atoms with Gasteiger partial charge >= 0.3 is 0 Å². The molecule has 3 aromatic heterocycles. The molecule has 0 fully saturated rings. The molecule has 0 saturated carbocycles. The zero-order valence-electron chi connectivity index (χ0n) is 18.7. The first-order valence-electron chi connectivity index (χ1n) is 11.0. The summed E-state index contributed by atoms with van der Waals surface area (Å²) >= 11 is 1.63. The predicted molar refractivity (Wildman–Crippen MR) is 128 cm³/mol. The molecule has 0 aliphatic heterocycles. The standard InChI is InChI=1S/C25H25N5O2S/c1-17(2)32-11-10-31-9-3-4-21-13-20(16-33-21)24-23-14-19-6-5-18(15-30-8-7-26-29-30)12-22(19)25(23)28-27-24/h5-8,12-13,16-17H,9-11,14-15H2,1-2H3,(H,27,28). The van der Waals surface area contributed by atoms with Gasteiger partial charge in [0.1, 0.15) is 6.61 Å². The smallest absolute Gasteiger partial charge is 0.108 e. The third kappa shape index (κ3) is 4.91. The van der Waals surface area contributed by atoms with Crippen LogP contribution in [0, 0.1) is 11.8 Å². The van der Waals surface area contributed by atoms with E-state index in [1.807, 2.05) is 24.7 Å². The third-order valence-corrected chi connectivity index (χ3v) is 6.28. The Kier molecular flexibility index (Phi) is 6.35. The zero-order valence-corrected chi connectivity index (χ0v) is 19.5. The molecule has 33 heavy (non-hydrogen) atoms. The number of hydrogen-bond donors (Lipinski definition) is 1. The van der Waals surface area contributed by atoms with Crippen LogP contribution in [0.1, 0.15) is 35.4 Å². The van der Waals surface area contributed by atoms with E-state index in [4.69, 9.17) is 9.47 Å². The molecule has 1 aliphatic rings. The van der Waals surface area contributed by atoms with E-state index >= 15 is 0 Å². The fourth-order valence-corrected chi connectivity index (χ4v) is 4.68. The van der Waals surface area contributed by atoms with Gasteiger partial charge < -0.3 is 9.47 Å². The van der Waals surface area contributed by atoms with Crippen LogP contribution in [0.25, 0.3) is 22.5 Å². The minimum atomic E-state index is 0.224. The maximum absolute atomic E-state index is 5.50. The number of nitrogens with zero attached hydrogens (tertiary/aromatic N) is 4. The van der Waals surface area contributed by atoms with Gasteiger partial charge in [0.05, 0.1) is 48.3 Å². The Morgan fingerprint density at radius 2 is 2.18 bits per heavy atom. The molecule has 0 saturated heterocycles. The second-order valence-corrected chi connectivity index (χ2v) is 9.08. The normalized spacial score (nSPS) is 12.0. The first-order chi connectivity index (χ1) is 16.2. The van der Waals surface area contributed by atoms with Crippen LogP contribution >= 0.6 is 11.3 Å². The summed E-state index contributed by atoms with van der Waals surface area (Å²) in [5, 5.41) is 18.0. The minimum absolute atomic E-state index is 0.224. The van der Waals surface area contributed by atoms with Crippen molar-refractivity contribution in [2.75, 3.05) is 19.8 Å². The van der Waals surface area contributed by atoms with Crippen molar-refractivity contribution in [1.29, 1.82) is 0 Å². The van der Waals surface area contributed by atoms with Crippen LogP contribution in [-0.2, 0) is 22.4 Å². The highest BCUT2D eigenvalue weighted by atomic mass is 32.1. The van der Waals surface area contributed by atoms with Gasteiger partial charge in [-0.05, 0) is 37.1 Å². The van der Waals surface area contributed by atoms with Gasteiger partial charge in [-0.25, -0.2) is 4.68 Å². The van der Waals surface area contributed by atoms with Gasteiger partial charge in [-0.1, -0.05) is 29.2 Å². The highest BCUT2D eigenvalue weighted by molar-refractivity contribution is 7.11. The van der Waals surface area contributed by atoms with Crippen molar-refractivity contribution in [3.05, 3.63) is 63.6 Å². The predicted octanol–water partition coefficient (Wildman–Crippen LogP) is 4.14. The number of H-pyrrole nitrogens is 1. The van der Waals surface area contributed by atoms with Crippen LogP contribution in [0.4, 0.5) is 0 Å². The molecule has 7 nitrogen and oxygen atoms in total. The molecule has 1 N–H and O–H groups in total. The van der Waals surface area contributed by atoms with E-state index in [9.17, 15) is 0 Å². The summed E-state index contributed by atoms with van der Waals surface area (Å²) in [4.78, 5) is 1.01. The highest BCUT2D eigenvalue weighted by Gasteiger charge is 2.25. The number of ether oxygens (including phenoxy) is 2. The summed E-state index contributed by atoms with van der Waals surface area (Å²) in [7, 11) is 0. The van der Waals surface area contributed by atoms with Crippen LogP contribution in [0.5, 0.6) is 0 Å². The number of rotatable bonds is 8. The van der Waals surface area contributed by atoms with Gasteiger partial charge in [-0.2, -0.15) is 5.10 Å². The summed E-state index contributed by atoms with van der Waals surface area (Å²) in [5.41, 5.74) is 8.18. The van der Waals surface area contributed by atoms with Crippen molar-refractivity contribution in [1.82, 2.24) is 25.2 Å². The molecule has 1 aliphatic carbocycles. The van der Waals surface area contributed by atoms with E-state index in [0.717, 1.165) is 28.2 Å². The zero-order chi connectivity index (χ0) is 22.6. The molecule has 0 atom stereocenters. The topological polar surface area (TPSA) is 77.9 Å². The molecule has 0 bridgehead atoms. The Hall–Kier alpha value is -3.25. The summed E-state index contributed by atoms with van der Waals surface area (Å²) in [6, 6.07) is 8.70. The third-order valence-electron chi connectivity index (χ3n) is 5.43. The van der Waals surface area contributed by atoms with E-state index in [2.05, 4.69) is 62.0 Å². The van der Waals surface area contributed by atoms with E-state index < -0.39 is 0 Å². The Morgan fingerprint density at radius 1 is 1.24 bits per heavy atom. The molecule has 0 spiro atoms. The number of benzene rings is 1. The number of hydrogen-bond acceptors (Lipinski definition) is 6. The van der Waals surface area contributed by atoms with Gasteiger partial charge in [0.2, 0.25) is 0 Å². The lowest BCUT2D eigenvalue weighted by molar-refractivity contribution is 0.0280. The fraction of sp³-hybridized carbons (Fsp3) is 0.320. The maximum Gasteiger partial charge on any atom is 0.108 e. The monoisotopic (exact) mass is 459 g/mol. The number of aromatic amines is 1. The lowest BCUT2D eigenvalue weighted by Crippen LogP contribution is -2.09. The first-order valence-corrected chi connectivity index (χ1v) is 11.9. The van der Waals surface area contributed by atoms with Crippen LogP contribution < -0.4 is 0 Å². The highest BCUT2D eigenvalue weighted by Crippen LogP contribution is 2.41. The van der Waals surface area contributed by atoms with Gasteiger partial charge in [0.25, 0.3) is 0 Å². The molecule has 8 heteroatoms. The largest absolute Gasteiger partial charge is 0.376 e. The molecule has 1 aromatic carbocycles. The average molecular weight is 460 g/mol. The number of thiophene rings is 1. The van der Waals surface area contributed by atoms with Crippen molar-refractivity contribution in [3.8, 4) is 34.4 Å². The van der Waals surface area contributed by atoms with Crippen LogP contribution in [-0.4, -0.2) is 51.1 Å². The van der Waals surface area contributed by atoms with Gasteiger partial charge in [0, 0.05) is 34.7 Å². The van der Waals surface area contributed by atoms with Gasteiger partial charge in [-0.15, -0.1) is 16.4 Å². The second-order valence-electron chi connectivity index (χ2n) is 8.17. The Bertz CT molecular complexity index is 1290. The van der Waals surface area contributed by atoms with Crippen LogP contribution in [0.3, 0.4) is 0 Å². The summed E-state index contributed by atoms with van der Waals surface area (Å²) in [6.07, 6.45) is 4.67. The van der Waals surface area contributed by atoms with Crippen LogP contribution in [0.2, 0.25) is 0 Å². The van der Waals surface area contributed by atoms with Crippen molar-refractivity contribution < 1.29 is 9.47 Å². The van der Waals surface area contributed by atoms with Crippen molar-refractivity contribution in [2.24, 2.45) is 0 Å². The van der Waals surface area contributed by atoms with E-state index in [-0.39, 0.29) is 6.10 Å². The molecule has 0 unspecified atom stereocenters. The Morgan fingerprint density at radius 3 is 3.03 bits per heavy atom. The molecular weight excluding hydrogens is 434 g/mol. The molecule has 3 heterocycles. The van der Waals surface area contributed by atoms with E-state index in [1.165, 1.54) is 22.3 Å². The van der Waals surface area contributed by atoms with E-state index in [0.29, 0.717) is 26.4 Å². The molecule has 5 rings (SSSR count). The lowest BCUT2D eigenvalue weighted by atomic mass is 10.1. The number of aromatic nitrogens is 5. The summed E-state index contributed by atoms with van der Waals surface area (Å²) in [6.45, 7) is 6.28. The summed E-state index contributed by atoms with van der Waals surface area (Å²) in [5.74, 6) is 6.27. The number of fused-ring (bicyclic) bond motifs is 3. The minimum Gasteiger partial charge on any atom is -0.376 e.